The number of pyridine rings is 1. The molecule has 152 valence electrons. The minimum absolute atomic E-state index is 0.0123. The van der Waals surface area contributed by atoms with E-state index in [-0.39, 0.29) is 17.6 Å². The van der Waals surface area contributed by atoms with Crippen LogP contribution in [0.3, 0.4) is 0 Å². The molecule has 0 bridgehead atoms. The summed E-state index contributed by atoms with van der Waals surface area (Å²) in [6.45, 7) is 2.22. The first kappa shape index (κ1) is 18.9. The first-order chi connectivity index (χ1) is 14.7. The molecule has 0 spiro atoms. The second-order valence-electron chi connectivity index (χ2n) is 7.49. The molecule has 30 heavy (non-hydrogen) atoms. The molecule has 1 fully saturated rings. The van der Waals surface area contributed by atoms with Crippen molar-refractivity contribution >= 4 is 22.9 Å². The zero-order valence-corrected chi connectivity index (χ0v) is 17.4. The molecule has 3 atom stereocenters. The van der Waals surface area contributed by atoms with Gasteiger partial charge in [0.2, 0.25) is 0 Å². The maximum atomic E-state index is 11.5. The van der Waals surface area contributed by atoms with Crippen LogP contribution in [0.1, 0.15) is 47.2 Å². The van der Waals surface area contributed by atoms with Gasteiger partial charge in [-0.05, 0) is 48.9 Å². The zero-order valence-electron chi connectivity index (χ0n) is 16.5. The average molecular weight is 419 g/mol. The van der Waals surface area contributed by atoms with E-state index in [1.165, 1.54) is 0 Å². The number of nitrogens with zero attached hydrogens (tertiary/aromatic N) is 4. The average Bonchev–Trinajstić information content (AvgIpc) is 3.49. The lowest BCUT2D eigenvalue weighted by atomic mass is 9.99. The molecule has 0 aliphatic carbocycles. The number of rotatable bonds is 5. The van der Waals surface area contributed by atoms with Gasteiger partial charge in [-0.1, -0.05) is 30.8 Å². The summed E-state index contributed by atoms with van der Waals surface area (Å²) in [4.78, 5) is 23.6. The van der Waals surface area contributed by atoms with Crippen LogP contribution in [-0.2, 0) is 0 Å². The Morgan fingerprint density at radius 1 is 1.20 bits per heavy atom. The highest BCUT2D eigenvalue weighted by molar-refractivity contribution is 8.14. The summed E-state index contributed by atoms with van der Waals surface area (Å²) in [6, 6.07) is 17.5. The van der Waals surface area contributed by atoms with Gasteiger partial charge in [0.05, 0.1) is 11.3 Å². The minimum atomic E-state index is -0.926. The Kier molecular flexibility index (Phi) is 4.83. The van der Waals surface area contributed by atoms with Crippen LogP contribution >= 0.6 is 11.8 Å². The van der Waals surface area contributed by atoms with E-state index in [0.717, 1.165) is 34.4 Å². The molecule has 2 aromatic heterocycles. The Hall–Kier alpha value is -3.06. The van der Waals surface area contributed by atoms with Gasteiger partial charge in [0.1, 0.15) is 12.1 Å². The standard InChI is InChI=1S/C23H22N4O2S/c1-2-16-14-30-23-25-20(18-9-3-4-11-24-18)21(27(16)23)19-10-6-12-26(19)17-8-5-7-15(13-17)22(28)29/h3-13,16,20-21H,2,14H2,1H3,(H,28,29). The van der Waals surface area contributed by atoms with Crippen LogP contribution in [0.4, 0.5) is 0 Å². The quantitative estimate of drug-likeness (QED) is 0.658. The van der Waals surface area contributed by atoms with Gasteiger partial charge in [-0.15, -0.1) is 0 Å². The number of carbonyl (C=O) groups is 1. The molecule has 4 heterocycles. The van der Waals surface area contributed by atoms with Crippen molar-refractivity contribution in [3.63, 3.8) is 0 Å². The topological polar surface area (TPSA) is 70.7 Å². The van der Waals surface area contributed by atoms with Gasteiger partial charge < -0.3 is 14.6 Å². The third-order valence-corrected chi connectivity index (χ3v) is 6.91. The molecule has 1 saturated heterocycles. The molecular weight excluding hydrogens is 396 g/mol. The fourth-order valence-corrected chi connectivity index (χ4v) is 5.67. The van der Waals surface area contributed by atoms with Crippen LogP contribution < -0.4 is 0 Å². The van der Waals surface area contributed by atoms with Crippen LogP contribution in [0.25, 0.3) is 5.69 Å². The molecule has 1 N–H and O–H groups in total. The van der Waals surface area contributed by atoms with Gasteiger partial charge in [-0.25, -0.2) is 4.79 Å². The summed E-state index contributed by atoms with van der Waals surface area (Å²) < 4.78 is 2.08. The summed E-state index contributed by atoms with van der Waals surface area (Å²) in [5.74, 6) is 0.112. The van der Waals surface area contributed by atoms with Crippen molar-refractivity contribution < 1.29 is 9.90 Å². The van der Waals surface area contributed by atoms with Crippen LogP contribution in [0.5, 0.6) is 0 Å². The summed E-state index contributed by atoms with van der Waals surface area (Å²) >= 11 is 1.81. The predicted octanol–water partition coefficient (Wildman–Crippen LogP) is 4.55. The molecule has 2 aliphatic heterocycles. The van der Waals surface area contributed by atoms with Gasteiger partial charge in [-0.3, -0.25) is 9.98 Å². The van der Waals surface area contributed by atoms with E-state index in [1.807, 2.05) is 54.5 Å². The number of aromatic carboxylic acids is 1. The van der Waals surface area contributed by atoms with E-state index in [2.05, 4.69) is 27.4 Å². The third kappa shape index (κ3) is 3.10. The molecule has 0 radical (unpaired) electrons. The van der Waals surface area contributed by atoms with Gasteiger partial charge >= 0.3 is 5.97 Å². The fourth-order valence-electron chi connectivity index (χ4n) is 4.33. The van der Waals surface area contributed by atoms with E-state index < -0.39 is 5.97 Å². The van der Waals surface area contributed by atoms with Gasteiger partial charge in [0, 0.05) is 35.6 Å². The first-order valence-electron chi connectivity index (χ1n) is 10.1. The molecule has 7 heteroatoms. The minimum Gasteiger partial charge on any atom is -0.478 e. The van der Waals surface area contributed by atoms with Crippen molar-refractivity contribution in [1.82, 2.24) is 14.5 Å². The monoisotopic (exact) mass is 418 g/mol. The number of aromatic nitrogens is 2. The third-order valence-electron chi connectivity index (χ3n) is 5.78. The number of carboxylic acid groups (broad SMARTS) is 1. The van der Waals surface area contributed by atoms with Crippen molar-refractivity contribution in [3.05, 3.63) is 83.9 Å². The summed E-state index contributed by atoms with van der Waals surface area (Å²) in [5, 5.41) is 10.5. The van der Waals surface area contributed by atoms with Crippen LogP contribution in [0.2, 0.25) is 0 Å². The largest absolute Gasteiger partial charge is 0.478 e. The van der Waals surface area contributed by atoms with Crippen LogP contribution in [0.15, 0.2) is 72.0 Å². The highest BCUT2D eigenvalue weighted by Crippen LogP contribution is 2.48. The van der Waals surface area contributed by atoms with Gasteiger partial charge in [0.15, 0.2) is 5.17 Å². The number of hydrogen-bond acceptors (Lipinski definition) is 5. The molecule has 1 aromatic carbocycles. The van der Waals surface area contributed by atoms with Crippen molar-refractivity contribution in [1.29, 1.82) is 0 Å². The Labute approximate surface area is 179 Å². The van der Waals surface area contributed by atoms with E-state index >= 15 is 0 Å². The van der Waals surface area contributed by atoms with Crippen molar-refractivity contribution in [2.75, 3.05) is 5.75 Å². The molecule has 0 amide bonds. The molecule has 5 rings (SSSR count). The van der Waals surface area contributed by atoms with Gasteiger partial charge in [0.25, 0.3) is 0 Å². The number of aliphatic imine (C=N–C) groups is 1. The Morgan fingerprint density at radius 2 is 2.10 bits per heavy atom. The fraction of sp³-hybridized carbons (Fsp3) is 0.261. The number of carboxylic acids is 1. The van der Waals surface area contributed by atoms with E-state index in [1.54, 1.807) is 18.2 Å². The van der Waals surface area contributed by atoms with Crippen LogP contribution in [-0.4, -0.2) is 42.5 Å². The molecule has 3 unspecified atom stereocenters. The van der Waals surface area contributed by atoms with E-state index in [4.69, 9.17) is 4.99 Å². The molecular formula is C23H22N4O2S. The van der Waals surface area contributed by atoms with Crippen LogP contribution in [0, 0.1) is 0 Å². The number of thioether (sulfide) groups is 1. The predicted molar refractivity (Wildman–Crippen MR) is 118 cm³/mol. The van der Waals surface area contributed by atoms with E-state index in [0.29, 0.717) is 6.04 Å². The number of benzene rings is 1. The Balaban J connectivity index is 1.62. The van der Waals surface area contributed by atoms with Gasteiger partial charge in [-0.2, -0.15) is 0 Å². The lowest BCUT2D eigenvalue weighted by Crippen LogP contribution is -2.36. The lowest BCUT2D eigenvalue weighted by molar-refractivity contribution is 0.0697. The van der Waals surface area contributed by atoms with Crippen molar-refractivity contribution in [2.24, 2.45) is 4.99 Å². The highest BCUT2D eigenvalue weighted by atomic mass is 32.2. The van der Waals surface area contributed by atoms with Crippen molar-refractivity contribution in [2.45, 2.75) is 31.5 Å². The second kappa shape index (κ2) is 7.65. The van der Waals surface area contributed by atoms with E-state index in [9.17, 15) is 9.90 Å². The number of fused-ring (bicyclic) bond motifs is 1. The number of amidine groups is 1. The molecule has 0 saturated carbocycles. The lowest BCUT2D eigenvalue weighted by Gasteiger charge is -2.32. The zero-order chi connectivity index (χ0) is 20.7. The summed E-state index contributed by atoms with van der Waals surface area (Å²) in [5.41, 5.74) is 3.16. The molecule has 6 nitrogen and oxygen atoms in total. The Morgan fingerprint density at radius 3 is 2.87 bits per heavy atom. The Bertz CT molecular complexity index is 1110. The highest BCUT2D eigenvalue weighted by Gasteiger charge is 2.46. The second-order valence-corrected chi connectivity index (χ2v) is 8.48. The maximum Gasteiger partial charge on any atom is 0.335 e. The van der Waals surface area contributed by atoms with Crippen molar-refractivity contribution in [3.8, 4) is 5.69 Å². The summed E-state index contributed by atoms with van der Waals surface area (Å²) in [7, 11) is 0. The maximum absolute atomic E-state index is 11.5. The SMILES string of the molecule is CCC1CSC2=NC(c3ccccn3)C(c3cccn3-c3cccc(C(=O)O)c3)N21. The number of hydrogen-bond donors (Lipinski definition) is 1. The molecule has 2 aliphatic rings. The first-order valence-corrected chi connectivity index (χ1v) is 11.1. The molecule has 3 aromatic rings. The summed E-state index contributed by atoms with van der Waals surface area (Å²) in [6.07, 6.45) is 4.86. The normalized spacial score (nSPS) is 22.8. The smallest absolute Gasteiger partial charge is 0.335 e.